The maximum absolute atomic E-state index is 12.1. The fraction of sp³-hybridized carbons (Fsp3) is 0.235. The molecule has 0 radical (unpaired) electrons. The minimum atomic E-state index is -0.104. The van der Waals surface area contributed by atoms with E-state index in [2.05, 4.69) is 16.4 Å². The molecule has 0 saturated heterocycles. The predicted octanol–water partition coefficient (Wildman–Crippen LogP) is 2.93. The Balaban J connectivity index is 1.90. The van der Waals surface area contributed by atoms with Crippen LogP contribution in [-0.4, -0.2) is 23.8 Å². The molecule has 1 heterocycles. The number of rotatable bonds is 6. The highest BCUT2D eigenvalue weighted by Crippen LogP contribution is 2.20. The third-order valence-corrected chi connectivity index (χ3v) is 4.23. The molecule has 1 aromatic carbocycles. The van der Waals surface area contributed by atoms with Crippen molar-refractivity contribution in [2.75, 3.05) is 12.9 Å². The monoisotopic (exact) mass is 327 g/mol. The summed E-state index contributed by atoms with van der Waals surface area (Å²) in [4.78, 5) is 16.2. The molecule has 0 saturated carbocycles. The van der Waals surface area contributed by atoms with E-state index in [-0.39, 0.29) is 17.7 Å². The summed E-state index contributed by atoms with van der Waals surface area (Å²) in [6.07, 6.45) is 1.61. The number of hydrogen-bond acceptors (Lipinski definition) is 5. The van der Waals surface area contributed by atoms with Gasteiger partial charge in [0.15, 0.2) is 0 Å². The number of hydrogen-bond donors (Lipinski definition) is 1. The number of thioether (sulfide) groups is 1. The van der Waals surface area contributed by atoms with E-state index in [1.54, 1.807) is 25.4 Å². The van der Waals surface area contributed by atoms with Crippen molar-refractivity contribution in [2.24, 2.45) is 0 Å². The number of ether oxygens (including phenoxy) is 1. The minimum absolute atomic E-state index is 0.104. The molecule has 6 heteroatoms. The van der Waals surface area contributed by atoms with Crippen molar-refractivity contribution in [3.63, 3.8) is 0 Å². The molecule has 118 valence electrons. The van der Waals surface area contributed by atoms with Gasteiger partial charge >= 0.3 is 0 Å². The smallest absolute Gasteiger partial charge is 0.230 e. The van der Waals surface area contributed by atoms with Crippen molar-refractivity contribution in [2.45, 2.75) is 18.0 Å². The number of benzene rings is 1. The van der Waals surface area contributed by atoms with E-state index in [1.165, 1.54) is 11.8 Å². The van der Waals surface area contributed by atoms with Crippen LogP contribution in [0.3, 0.4) is 0 Å². The van der Waals surface area contributed by atoms with Crippen LogP contribution in [0.15, 0.2) is 47.6 Å². The molecule has 0 spiro atoms. The molecule has 2 rings (SSSR count). The van der Waals surface area contributed by atoms with Gasteiger partial charge in [0, 0.05) is 6.20 Å². The summed E-state index contributed by atoms with van der Waals surface area (Å²) >= 11 is 1.26. The number of nitrogens with one attached hydrogen (secondary N) is 1. The van der Waals surface area contributed by atoms with E-state index in [4.69, 9.17) is 10.00 Å². The van der Waals surface area contributed by atoms with E-state index < -0.39 is 0 Å². The summed E-state index contributed by atoms with van der Waals surface area (Å²) in [6.45, 7) is 1.92. The van der Waals surface area contributed by atoms with Gasteiger partial charge in [-0.1, -0.05) is 23.9 Å². The van der Waals surface area contributed by atoms with Crippen LogP contribution >= 0.6 is 11.8 Å². The van der Waals surface area contributed by atoms with Crippen LogP contribution in [0.2, 0.25) is 0 Å². The van der Waals surface area contributed by atoms with Crippen LogP contribution in [0.4, 0.5) is 0 Å². The zero-order valence-corrected chi connectivity index (χ0v) is 13.8. The van der Waals surface area contributed by atoms with Gasteiger partial charge in [0.25, 0.3) is 0 Å². The first-order chi connectivity index (χ1) is 11.1. The molecule has 1 amide bonds. The summed E-state index contributed by atoms with van der Waals surface area (Å²) in [6, 6.07) is 12.9. The van der Waals surface area contributed by atoms with Crippen molar-refractivity contribution < 1.29 is 9.53 Å². The number of pyridine rings is 1. The number of nitriles is 1. The van der Waals surface area contributed by atoms with E-state index in [1.807, 2.05) is 31.2 Å². The molecule has 0 aliphatic rings. The lowest BCUT2D eigenvalue weighted by atomic mass is 10.1. The maximum atomic E-state index is 12.1. The summed E-state index contributed by atoms with van der Waals surface area (Å²) in [7, 11) is 1.62. The van der Waals surface area contributed by atoms with Gasteiger partial charge in [0.05, 0.1) is 24.5 Å². The van der Waals surface area contributed by atoms with Gasteiger partial charge in [-0.3, -0.25) is 4.79 Å². The molecular weight excluding hydrogens is 310 g/mol. The molecule has 0 bridgehead atoms. The first-order valence-electron chi connectivity index (χ1n) is 7.05. The Bertz CT molecular complexity index is 711. The molecule has 1 atom stereocenters. The van der Waals surface area contributed by atoms with Crippen LogP contribution < -0.4 is 10.1 Å². The van der Waals surface area contributed by atoms with E-state index in [0.29, 0.717) is 10.6 Å². The van der Waals surface area contributed by atoms with Gasteiger partial charge in [-0.15, -0.1) is 0 Å². The van der Waals surface area contributed by atoms with Crippen molar-refractivity contribution in [1.29, 1.82) is 5.26 Å². The van der Waals surface area contributed by atoms with Gasteiger partial charge in [-0.25, -0.2) is 4.98 Å². The van der Waals surface area contributed by atoms with Crippen LogP contribution in [-0.2, 0) is 4.79 Å². The second kappa shape index (κ2) is 8.20. The maximum Gasteiger partial charge on any atom is 0.230 e. The summed E-state index contributed by atoms with van der Waals surface area (Å²) in [5.41, 5.74) is 1.48. The molecule has 1 N–H and O–H groups in total. The molecule has 0 fully saturated rings. The average Bonchev–Trinajstić information content (AvgIpc) is 2.60. The van der Waals surface area contributed by atoms with Crippen molar-refractivity contribution in [3.8, 4) is 11.8 Å². The predicted molar refractivity (Wildman–Crippen MR) is 89.2 cm³/mol. The van der Waals surface area contributed by atoms with E-state index in [0.717, 1.165) is 11.3 Å². The van der Waals surface area contributed by atoms with Crippen LogP contribution in [0.1, 0.15) is 24.1 Å². The SMILES string of the molecule is COc1ccc([C@H](C)NC(=O)CSc2ncccc2C#N)cc1. The number of carbonyl (C=O) groups is 1. The largest absolute Gasteiger partial charge is 0.497 e. The highest BCUT2D eigenvalue weighted by atomic mass is 32.2. The Labute approximate surface area is 139 Å². The highest BCUT2D eigenvalue weighted by Gasteiger charge is 2.11. The standard InChI is InChI=1S/C17H17N3O2S/c1-12(13-5-7-15(22-2)8-6-13)20-16(21)11-23-17-14(10-18)4-3-9-19-17/h3-9,12H,11H2,1-2H3,(H,20,21)/t12-/m0/s1. The lowest BCUT2D eigenvalue weighted by Crippen LogP contribution is -2.28. The minimum Gasteiger partial charge on any atom is -0.497 e. The Morgan fingerprint density at radius 3 is 2.78 bits per heavy atom. The Morgan fingerprint density at radius 1 is 1.39 bits per heavy atom. The first-order valence-corrected chi connectivity index (χ1v) is 8.04. The number of methoxy groups -OCH3 is 1. The molecule has 0 aliphatic heterocycles. The number of carbonyl (C=O) groups excluding carboxylic acids is 1. The van der Waals surface area contributed by atoms with Gasteiger partial charge in [0.2, 0.25) is 5.91 Å². The Hall–Kier alpha value is -2.52. The number of nitrogens with zero attached hydrogens (tertiary/aromatic N) is 2. The zero-order valence-electron chi connectivity index (χ0n) is 12.9. The third-order valence-electron chi connectivity index (χ3n) is 3.22. The van der Waals surface area contributed by atoms with Gasteiger partial charge < -0.3 is 10.1 Å². The molecule has 0 unspecified atom stereocenters. The lowest BCUT2D eigenvalue weighted by molar-refractivity contribution is -0.119. The number of aromatic nitrogens is 1. The van der Waals surface area contributed by atoms with E-state index >= 15 is 0 Å². The zero-order chi connectivity index (χ0) is 16.7. The fourth-order valence-electron chi connectivity index (χ4n) is 1.98. The van der Waals surface area contributed by atoms with Gasteiger partial charge in [0.1, 0.15) is 16.8 Å². The van der Waals surface area contributed by atoms with E-state index in [9.17, 15) is 4.79 Å². The van der Waals surface area contributed by atoms with Crippen LogP contribution in [0.25, 0.3) is 0 Å². The lowest BCUT2D eigenvalue weighted by Gasteiger charge is -2.14. The van der Waals surface area contributed by atoms with Crippen LogP contribution in [0, 0.1) is 11.3 Å². The highest BCUT2D eigenvalue weighted by molar-refractivity contribution is 7.99. The quantitative estimate of drug-likeness (QED) is 0.826. The molecule has 0 aliphatic carbocycles. The van der Waals surface area contributed by atoms with Crippen molar-refractivity contribution in [3.05, 3.63) is 53.7 Å². The number of amides is 1. The second-order valence-corrected chi connectivity index (χ2v) is 5.78. The Morgan fingerprint density at radius 2 is 2.13 bits per heavy atom. The average molecular weight is 327 g/mol. The van der Waals surface area contributed by atoms with Crippen molar-refractivity contribution >= 4 is 17.7 Å². The normalized spacial score (nSPS) is 11.3. The molecular formula is C17H17N3O2S. The topological polar surface area (TPSA) is 75.0 Å². The second-order valence-electron chi connectivity index (χ2n) is 4.82. The first kappa shape index (κ1) is 16.8. The molecule has 5 nitrogen and oxygen atoms in total. The third kappa shape index (κ3) is 4.73. The van der Waals surface area contributed by atoms with Crippen LogP contribution in [0.5, 0.6) is 5.75 Å². The summed E-state index contributed by atoms with van der Waals surface area (Å²) in [5.74, 6) is 0.890. The van der Waals surface area contributed by atoms with Crippen molar-refractivity contribution in [1.82, 2.24) is 10.3 Å². The summed E-state index contributed by atoms with van der Waals surface area (Å²) < 4.78 is 5.12. The molecule has 1 aromatic heterocycles. The van der Waals surface area contributed by atoms with Gasteiger partial charge in [-0.05, 0) is 36.8 Å². The Kier molecular flexibility index (Phi) is 6.01. The molecule has 23 heavy (non-hydrogen) atoms. The summed E-state index contributed by atoms with van der Waals surface area (Å²) in [5, 5.41) is 12.5. The molecule has 2 aromatic rings. The van der Waals surface area contributed by atoms with Gasteiger partial charge in [-0.2, -0.15) is 5.26 Å². The fourth-order valence-corrected chi connectivity index (χ4v) is 2.74.